The number of nitrogens with one attached hydrogen (secondary N) is 1. The number of benzene rings is 2. The summed E-state index contributed by atoms with van der Waals surface area (Å²) in [7, 11) is -7.45. The molecule has 4 rings (SSSR count). The number of hydrogen-bond donors (Lipinski definition) is 2. The molecule has 0 bridgehead atoms. The number of fused-ring (bicyclic) bond motifs is 1. The van der Waals surface area contributed by atoms with Gasteiger partial charge >= 0.3 is 5.97 Å². The molecule has 0 atom stereocenters. The summed E-state index contributed by atoms with van der Waals surface area (Å²) in [4.78, 5) is 17.6. The fourth-order valence-corrected chi connectivity index (χ4v) is 5.86. The van der Waals surface area contributed by atoms with Crippen LogP contribution in [0.4, 0.5) is 0 Å². The molecule has 0 aliphatic carbocycles. The summed E-state index contributed by atoms with van der Waals surface area (Å²) in [6.07, 6.45) is 2.00. The molecule has 3 aromatic rings. The van der Waals surface area contributed by atoms with E-state index in [9.17, 15) is 26.7 Å². The van der Waals surface area contributed by atoms with Gasteiger partial charge in [0.2, 0.25) is 10.0 Å². The first-order valence-electron chi connectivity index (χ1n) is 11.7. The van der Waals surface area contributed by atoms with Gasteiger partial charge in [0.1, 0.15) is 18.1 Å². The lowest BCUT2D eigenvalue weighted by Gasteiger charge is -2.34. The van der Waals surface area contributed by atoms with Gasteiger partial charge in [-0.05, 0) is 43.3 Å². The fraction of sp³-hybridized carbons (Fsp3) is 0.280. The molecule has 13 heteroatoms. The summed E-state index contributed by atoms with van der Waals surface area (Å²) >= 11 is 0. The smallest absolute Gasteiger partial charge is 0.353 e. The Bertz CT molecular complexity index is 1580. The zero-order valence-corrected chi connectivity index (χ0v) is 22.5. The second-order valence-corrected chi connectivity index (χ2v) is 12.5. The maximum atomic E-state index is 12.8. The van der Waals surface area contributed by atoms with E-state index in [0.29, 0.717) is 5.75 Å². The third kappa shape index (κ3) is 6.41. The van der Waals surface area contributed by atoms with Crippen molar-refractivity contribution in [1.29, 1.82) is 0 Å². The van der Waals surface area contributed by atoms with E-state index in [1.165, 1.54) is 33.5 Å². The van der Waals surface area contributed by atoms with Crippen LogP contribution in [0.1, 0.15) is 11.3 Å². The minimum Gasteiger partial charge on any atom is -0.489 e. The summed E-state index contributed by atoms with van der Waals surface area (Å²) in [6, 6.07) is 15.5. The van der Waals surface area contributed by atoms with Crippen molar-refractivity contribution in [2.45, 2.75) is 18.4 Å². The van der Waals surface area contributed by atoms with E-state index >= 15 is 0 Å². The third-order valence-corrected chi connectivity index (χ3v) is 8.70. The Morgan fingerprint density at radius 1 is 1.05 bits per heavy atom. The Morgan fingerprint density at radius 3 is 2.34 bits per heavy atom. The van der Waals surface area contributed by atoms with Gasteiger partial charge in [-0.3, -0.25) is 9.71 Å². The molecule has 2 heterocycles. The van der Waals surface area contributed by atoms with Gasteiger partial charge in [0.25, 0.3) is 10.0 Å². The van der Waals surface area contributed by atoms with Gasteiger partial charge in [0.15, 0.2) is 0 Å². The van der Waals surface area contributed by atoms with Crippen LogP contribution in [-0.4, -0.2) is 74.5 Å². The van der Waals surface area contributed by atoms with E-state index in [0.717, 1.165) is 34.6 Å². The molecular formula is C25H28N4O7S2. The maximum Gasteiger partial charge on any atom is 0.353 e. The van der Waals surface area contributed by atoms with Crippen molar-refractivity contribution in [1.82, 2.24) is 18.9 Å². The van der Waals surface area contributed by atoms with Crippen molar-refractivity contribution in [3.63, 3.8) is 0 Å². The lowest BCUT2D eigenvalue weighted by atomic mass is 10.1. The highest BCUT2D eigenvalue weighted by Gasteiger charge is 2.27. The minimum absolute atomic E-state index is 0.0714. The lowest BCUT2D eigenvalue weighted by molar-refractivity contribution is -0.134. The standard InChI is InChI=1S/C25H28N4O7S2/c1-18-15-19(22-5-3-4-6-23(22)27-18)17-36-20-7-9-21(10-8-20)38(34,35)26-16-24(25(30)31)28-11-13-29(14-12-28)37(2,32)33/h3-10,15-16,26H,11-14,17H2,1-2H3,(H,30,31)/b24-16+. The van der Waals surface area contributed by atoms with Gasteiger partial charge in [-0.15, -0.1) is 0 Å². The molecule has 0 radical (unpaired) electrons. The Labute approximate surface area is 221 Å². The van der Waals surface area contributed by atoms with Crippen molar-refractivity contribution >= 4 is 36.9 Å². The van der Waals surface area contributed by atoms with Crippen molar-refractivity contribution in [2.75, 3.05) is 32.4 Å². The lowest BCUT2D eigenvalue weighted by Crippen LogP contribution is -2.49. The van der Waals surface area contributed by atoms with Gasteiger partial charge in [-0.2, -0.15) is 4.31 Å². The number of piperazine rings is 1. The van der Waals surface area contributed by atoms with Crippen LogP contribution in [0.3, 0.4) is 0 Å². The van der Waals surface area contributed by atoms with Gasteiger partial charge in [-0.25, -0.2) is 21.6 Å². The number of carboxylic acids is 1. The number of carboxylic acid groups (broad SMARTS) is 1. The number of carbonyl (C=O) groups is 1. The quantitative estimate of drug-likeness (QED) is 0.375. The molecule has 0 spiro atoms. The van der Waals surface area contributed by atoms with Crippen LogP contribution < -0.4 is 9.46 Å². The molecule has 1 aliphatic heterocycles. The molecule has 2 N–H and O–H groups in total. The normalized spacial score (nSPS) is 15.4. The average Bonchev–Trinajstić information content (AvgIpc) is 2.87. The topological polar surface area (TPSA) is 146 Å². The van der Waals surface area contributed by atoms with Crippen molar-refractivity contribution in [3.8, 4) is 5.75 Å². The Balaban J connectivity index is 1.42. The Kier molecular flexibility index (Phi) is 7.90. The number of aryl methyl sites for hydroxylation is 1. The van der Waals surface area contributed by atoms with Crippen molar-refractivity contribution < 1.29 is 31.5 Å². The largest absolute Gasteiger partial charge is 0.489 e. The van der Waals surface area contributed by atoms with Crippen molar-refractivity contribution in [2.24, 2.45) is 0 Å². The van der Waals surface area contributed by atoms with Crippen LogP contribution in [-0.2, 0) is 31.4 Å². The molecule has 11 nitrogen and oxygen atoms in total. The van der Waals surface area contributed by atoms with Crippen LogP contribution in [0, 0.1) is 6.92 Å². The summed E-state index contributed by atoms with van der Waals surface area (Å²) in [5.41, 5.74) is 2.40. The number of para-hydroxylation sites is 1. The van der Waals surface area contributed by atoms with Gasteiger partial charge in [-0.1, -0.05) is 18.2 Å². The van der Waals surface area contributed by atoms with Crippen LogP contribution in [0.15, 0.2) is 71.4 Å². The molecule has 1 fully saturated rings. The number of aliphatic carboxylic acids is 1. The Morgan fingerprint density at radius 2 is 1.71 bits per heavy atom. The van der Waals surface area contributed by atoms with Crippen molar-refractivity contribution in [3.05, 3.63) is 77.8 Å². The predicted octanol–water partition coefficient (Wildman–Crippen LogP) is 1.90. The molecule has 0 unspecified atom stereocenters. The first-order valence-corrected chi connectivity index (χ1v) is 15.0. The SMILES string of the molecule is Cc1cc(COc2ccc(S(=O)(=O)N/C=C(\C(=O)O)N3CCN(S(C)(=O)=O)CC3)cc2)c2ccccc2n1. The number of hydrogen-bond acceptors (Lipinski definition) is 8. The molecule has 1 aromatic heterocycles. The zero-order valence-electron chi connectivity index (χ0n) is 20.9. The van der Waals surface area contributed by atoms with Gasteiger partial charge in [0, 0.05) is 49.0 Å². The summed E-state index contributed by atoms with van der Waals surface area (Å²) < 4.78 is 58.3. The molecular weight excluding hydrogens is 532 g/mol. The molecule has 0 amide bonds. The summed E-state index contributed by atoms with van der Waals surface area (Å²) in [5.74, 6) is -0.865. The second-order valence-electron chi connectivity index (χ2n) is 8.81. The summed E-state index contributed by atoms with van der Waals surface area (Å²) in [6.45, 7) is 2.61. The first-order chi connectivity index (χ1) is 17.9. The second kappa shape index (κ2) is 11.0. The number of sulfonamides is 2. The Hall–Kier alpha value is -3.68. The molecule has 2 aromatic carbocycles. The van der Waals surface area contributed by atoms with Crippen LogP contribution >= 0.6 is 0 Å². The zero-order chi connectivity index (χ0) is 27.5. The van der Waals surface area contributed by atoms with E-state index in [1.807, 2.05) is 37.3 Å². The van der Waals surface area contributed by atoms with Crippen LogP contribution in [0.25, 0.3) is 10.9 Å². The number of pyridine rings is 1. The first kappa shape index (κ1) is 27.4. The fourth-order valence-electron chi connectivity index (χ4n) is 4.14. The number of aromatic nitrogens is 1. The highest BCUT2D eigenvalue weighted by Crippen LogP contribution is 2.22. The highest BCUT2D eigenvalue weighted by molar-refractivity contribution is 7.89. The number of nitrogens with zero attached hydrogens (tertiary/aromatic N) is 3. The molecule has 202 valence electrons. The molecule has 1 saturated heterocycles. The van der Waals surface area contributed by atoms with Gasteiger partial charge in [0.05, 0.1) is 16.7 Å². The predicted molar refractivity (Wildman–Crippen MR) is 141 cm³/mol. The average molecular weight is 561 g/mol. The van der Waals surface area contributed by atoms with Crippen LogP contribution in [0.5, 0.6) is 5.75 Å². The van der Waals surface area contributed by atoms with E-state index in [1.54, 1.807) is 0 Å². The molecule has 1 aliphatic rings. The van der Waals surface area contributed by atoms with E-state index in [-0.39, 0.29) is 43.4 Å². The van der Waals surface area contributed by atoms with Gasteiger partial charge < -0.3 is 14.7 Å². The van der Waals surface area contributed by atoms with E-state index < -0.39 is 26.0 Å². The number of ether oxygens (including phenoxy) is 1. The monoisotopic (exact) mass is 560 g/mol. The molecule has 0 saturated carbocycles. The molecule has 38 heavy (non-hydrogen) atoms. The van der Waals surface area contributed by atoms with E-state index in [2.05, 4.69) is 9.71 Å². The maximum absolute atomic E-state index is 12.8. The third-order valence-electron chi connectivity index (χ3n) is 6.08. The van der Waals surface area contributed by atoms with E-state index in [4.69, 9.17) is 4.74 Å². The summed E-state index contributed by atoms with van der Waals surface area (Å²) in [5, 5.41) is 10.6. The number of rotatable bonds is 9. The van der Waals surface area contributed by atoms with Crippen LogP contribution in [0.2, 0.25) is 0 Å². The minimum atomic E-state index is -4.07. The highest BCUT2D eigenvalue weighted by atomic mass is 32.2.